The first-order valence-electron chi connectivity index (χ1n) is 10.3. The van der Waals surface area contributed by atoms with Gasteiger partial charge in [-0.05, 0) is 35.4 Å². The highest BCUT2D eigenvalue weighted by atomic mass is 16.5. The lowest BCUT2D eigenvalue weighted by molar-refractivity contribution is -0.697. The number of hydrogen-bond donors (Lipinski definition) is 0. The highest BCUT2D eigenvalue weighted by Gasteiger charge is 2.08. The number of benzene rings is 2. The molecule has 3 aromatic heterocycles. The molecule has 5 aromatic rings. The molecular formula is C26H24N2O2+2. The molecular weight excluding hydrogens is 372 g/mol. The maximum Gasteiger partial charge on any atom is 0.169 e. The number of ether oxygens (including phenoxy) is 1. The van der Waals surface area contributed by atoms with E-state index < -0.39 is 0 Å². The lowest BCUT2D eigenvalue weighted by Crippen LogP contribution is -2.33. The van der Waals surface area contributed by atoms with Gasteiger partial charge in [-0.3, -0.25) is 0 Å². The molecule has 0 atom stereocenters. The summed E-state index contributed by atoms with van der Waals surface area (Å²) < 4.78 is 16.1. The van der Waals surface area contributed by atoms with Gasteiger partial charge in [-0.1, -0.05) is 18.2 Å². The number of hydrogen-bond acceptors (Lipinski definition) is 2. The number of pyridine rings is 2. The minimum Gasteiger partial charge on any atom is -0.493 e. The van der Waals surface area contributed by atoms with Crippen molar-refractivity contribution in [3.05, 3.63) is 91.5 Å². The largest absolute Gasteiger partial charge is 0.493 e. The molecule has 4 nitrogen and oxygen atoms in total. The van der Waals surface area contributed by atoms with Crippen LogP contribution in [0.3, 0.4) is 0 Å². The van der Waals surface area contributed by atoms with Gasteiger partial charge in [0.05, 0.1) is 6.61 Å². The maximum absolute atomic E-state index is 6.00. The predicted molar refractivity (Wildman–Crippen MR) is 117 cm³/mol. The van der Waals surface area contributed by atoms with Crippen molar-refractivity contribution >= 4 is 21.9 Å². The minimum atomic E-state index is 0.672. The lowest BCUT2D eigenvalue weighted by Gasteiger charge is -2.05. The first kappa shape index (κ1) is 18.4. The summed E-state index contributed by atoms with van der Waals surface area (Å²) in [6, 6.07) is 22.7. The topological polar surface area (TPSA) is 30.1 Å². The number of furan rings is 1. The van der Waals surface area contributed by atoms with Gasteiger partial charge in [0, 0.05) is 41.5 Å². The zero-order valence-electron chi connectivity index (χ0n) is 17.0. The fourth-order valence-corrected chi connectivity index (χ4v) is 3.72. The summed E-state index contributed by atoms with van der Waals surface area (Å²) in [5.41, 5.74) is 4.26. The van der Waals surface area contributed by atoms with Crippen molar-refractivity contribution in [3.63, 3.8) is 0 Å². The van der Waals surface area contributed by atoms with Gasteiger partial charge in [-0.2, -0.15) is 0 Å². The average molecular weight is 396 g/mol. The van der Waals surface area contributed by atoms with Crippen LogP contribution in [0.4, 0.5) is 0 Å². The number of nitrogens with zero attached hydrogens (tertiary/aromatic N) is 2. The van der Waals surface area contributed by atoms with Crippen LogP contribution in [0.5, 0.6) is 5.75 Å². The fourth-order valence-electron chi connectivity index (χ4n) is 3.72. The fraction of sp³-hybridized carbons (Fsp3) is 0.154. The van der Waals surface area contributed by atoms with Crippen LogP contribution in [-0.2, 0) is 13.6 Å². The number of fused-ring (bicyclic) bond motifs is 3. The van der Waals surface area contributed by atoms with Crippen LogP contribution >= 0.6 is 0 Å². The third-order valence-corrected chi connectivity index (χ3v) is 5.38. The van der Waals surface area contributed by atoms with E-state index in [1.165, 1.54) is 11.1 Å². The van der Waals surface area contributed by atoms with Gasteiger partial charge in [0.15, 0.2) is 31.3 Å². The average Bonchev–Trinajstić information content (AvgIpc) is 3.16. The zero-order valence-corrected chi connectivity index (χ0v) is 17.0. The third-order valence-electron chi connectivity index (χ3n) is 5.38. The Morgan fingerprint density at radius 2 is 1.47 bits per heavy atom. The summed E-state index contributed by atoms with van der Waals surface area (Å²) in [5.74, 6) is 0.881. The van der Waals surface area contributed by atoms with Gasteiger partial charge in [0.25, 0.3) is 0 Å². The normalized spacial score (nSPS) is 11.2. The first-order valence-corrected chi connectivity index (χ1v) is 10.3. The van der Waals surface area contributed by atoms with Crippen molar-refractivity contribution in [2.24, 2.45) is 7.05 Å². The molecule has 0 N–H and O–H groups in total. The standard InChI is InChI=1S/C26H24N2O2/c1-27-14-9-20(10-15-27)21-11-16-28(17-12-21)13-4-18-29-22-7-8-26-24(19-22)23-5-2-3-6-25(23)30-26/h2-3,5-12,14-17,19H,4,13,18H2,1H3/q+2. The molecule has 0 amide bonds. The Kier molecular flexibility index (Phi) is 4.89. The van der Waals surface area contributed by atoms with Crippen LogP contribution in [-0.4, -0.2) is 6.61 Å². The van der Waals surface area contributed by atoms with E-state index in [2.05, 4.69) is 65.8 Å². The van der Waals surface area contributed by atoms with Crippen LogP contribution in [0.1, 0.15) is 6.42 Å². The Balaban J connectivity index is 1.19. The van der Waals surface area contributed by atoms with Crippen molar-refractivity contribution < 1.29 is 18.3 Å². The molecule has 5 rings (SSSR count). The van der Waals surface area contributed by atoms with E-state index in [0.717, 1.165) is 40.7 Å². The summed E-state index contributed by atoms with van der Waals surface area (Å²) >= 11 is 0. The molecule has 0 bridgehead atoms. The molecule has 30 heavy (non-hydrogen) atoms. The molecule has 0 saturated heterocycles. The Bertz CT molecular complexity index is 1290. The maximum atomic E-state index is 6.00. The second-order valence-electron chi connectivity index (χ2n) is 7.54. The SMILES string of the molecule is C[n+]1ccc(-c2cc[n+](CCCOc3ccc4oc5ccccc5c4c3)cc2)cc1. The molecule has 4 heteroatoms. The monoisotopic (exact) mass is 396 g/mol. The van der Waals surface area contributed by atoms with Crippen LogP contribution in [0.15, 0.2) is 95.9 Å². The first-order chi connectivity index (χ1) is 14.8. The summed E-state index contributed by atoms with van der Waals surface area (Å²) in [6.45, 7) is 1.59. The number of rotatable bonds is 6. The highest BCUT2D eigenvalue weighted by molar-refractivity contribution is 6.05. The van der Waals surface area contributed by atoms with E-state index in [0.29, 0.717) is 6.61 Å². The van der Waals surface area contributed by atoms with Gasteiger partial charge in [0.2, 0.25) is 0 Å². The second-order valence-corrected chi connectivity index (χ2v) is 7.54. The molecule has 0 aliphatic rings. The highest BCUT2D eigenvalue weighted by Crippen LogP contribution is 2.31. The molecule has 0 aliphatic carbocycles. The Hall–Kier alpha value is -3.66. The van der Waals surface area contributed by atoms with Crippen LogP contribution in [0.2, 0.25) is 0 Å². The van der Waals surface area contributed by atoms with Crippen molar-refractivity contribution in [1.82, 2.24) is 0 Å². The van der Waals surface area contributed by atoms with E-state index >= 15 is 0 Å². The Morgan fingerprint density at radius 3 is 2.27 bits per heavy atom. The van der Waals surface area contributed by atoms with Gasteiger partial charge in [0.1, 0.15) is 24.0 Å². The van der Waals surface area contributed by atoms with Gasteiger partial charge < -0.3 is 9.15 Å². The van der Waals surface area contributed by atoms with Crippen molar-refractivity contribution in [2.75, 3.05) is 6.61 Å². The molecule has 0 saturated carbocycles. The predicted octanol–water partition coefficient (Wildman–Crippen LogP) is 4.83. The van der Waals surface area contributed by atoms with Crippen molar-refractivity contribution in [3.8, 4) is 16.9 Å². The van der Waals surface area contributed by atoms with Crippen LogP contribution < -0.4 is 13.9 Å². The lowest BCUT2D eigenvalue weighted by atomic mass is 10.1. The molecule has 0 aliphatic heterocycles. The van der Waals surface area contributed by atoms with E-state index in [-0.39, 0.29) is 0 Å². The zero-order chi connectivity index (χ0) is 20.3. The summed E-state index contributed by atoms with van der Waals surface area (Å²) in [7, 11) is 2.03. The van der Waals surface area contributed by atoms with Crippen molar-refractivity contribution in [1.29, 1.82) is 0 Å². The van der Waals surface area contributed by atoms with Gasteiger partial charge >= 0.3 is 0 Å². The second kappa shape index (κ2) is 7.99. The van der Waals surface area contributed by atoms with Crippen molar-refractivity contribution in [2.45, 2.75) is 13.0 Å². The molecule has 2 aromatic carbocycles. The summed E-state index contributed by atoms with van der Waals surface area (Å²) in [5, 5.41) is 2.23. The van der Waals surface area contributed by atoms with Gasteiger partial charge in [-0.25, -0.2) is 9.13 Å². The smallest absolute Gasteiger partial charge is 0.169 e. The van der Waals surface area contributed by atoms with Crippen LogP contribution in [0.25, 0.3) is 33.1 Å². The minimum absolute atomic E-state index is 0.672. The quantitative estimate of drug-likeness (QED) is 0.304. The third kappa shape index (κ3) is 3.77. The van der Waals surface area contributed by atoms with Crippen LogP contribution in [0, 0.1) is 0 Å². The Labute approximate surface area is 175 Å². The number of para-hydroxylation sites is 1. The summed E-state index contributed by atoms with van der Waals surface area (Å²) in [4.78, 5) is 0. The van der Waals surface area contributed by atoms with E-state index in [1.807, 2.05) is 41.9 Å². The molecule has 148 valence electrons. The van der Waals surface area contributed by atoms with E-state index in [1.54, 1.807) is 0 Å². The van der Waals surface area contributed by atoms with E-state index in [9.17, 15) is 0 Å². The number of aromatic nitrogens is 2. The molecule has 0 spiro atoms. The molecule has 0 unspecified atom stereocenters. The molecule has 0 radical (unpaired) electrons. The van der Waals surface area contributed by atoms with Gasteiger partial charge in [-0.15, -0.1) is 0 Å². The Morgan fingerprint density at radius 1 is 0.767 bits per heavy atom. The summed E-state index contributed by atoms with van der Waals surface area (Å²) in [6.07, 6.45) is 9.34. The number of aryl methyl sites for hydroxylation is 2. The van der Waals surface area contributed by atoms with E-state index in [4.69, 9.17) is 9.15 Å². The molecule has 3 heterocycles. The molecule has 0 fully saturated rings.